The number of nitrogens with one attached hydrogen (secondary N) is 1. The second kappa shape index (κ2) is 6.06. The molecule has 0 aliphatic rings. The monoisotopic (exact) mass is 397 g/mol. The molecule has 2 aromatic carbocycles. The van der Waals surface area contributed by atoms with Gasteiger partial charge in [0.25, 0.3) is 0 Å². The van der Waals surface area contributed by atoms with Crippen molar-refractivity contribution in [2.24, 2.45) is 5.73 Å². The Hall–Kier alpha value is -3.13. The van der Waals surface area contributed by atoms with Gasteiger partial charge >= 0.3 is 6.09 Å². The predicted molar refractivity (Wildman–Crippen MR) is 96.6 cm³/mol. The molecule has 0 aliphatic heterocycles. The number of ether oxygens (including phenoxy) is 1. The maximum absolute atomic E-state index is 11.0. The summed E-state index contributed by atoms with van der Waals surface area (Å²) in [5, 5.41) is 4.37. The lowest BCUT2D eigenvalue weighted by atomic mass is 10.3. The number of fused-ring (bicyclic) bond motifs is 1. The average Bonchev–Trinajstić information content (AvgIpc) is 3.22. The maximum Gasteiger partial charge on any atom is 0.410 e. The first kappa shape index (κ1) is 15.4. The zero-order valence-corrected chi connectivity index (χ0v) is 14.4. The van der Waals surface area contributed by atoms with Gasteiger partial charge in [0.1, 0.15) is 11.3 Å². The van der Waals surface area contributed by atoms with E-state index in [2.05, 4.69) is 31.0 Å². The number of carbonyl (C=O) groups is 1. The highest BCUT2D eigenvalue weighted by Crippen LogP contribution is 2.27. The summed E-state index contributed by atoms with van der Waals surface area (Å²) < 4.78 is 7.76. The number of imidazole rings is 1. The van der Waals surface area contributed by atoms with Crippen molar-refractivity contribution in [3.05, 3.63) is 59.3 Å². The Balaban J connectivity index is 1.73. The average molecular weight is 398 g/mol. The number of halogens is 1. The van der Waals surface area contributed by atoms with E-state index in [9.17, 15) is 4.79 Å². The maximum atomic E-state index is 11.0. The number of H-pyrrole nitrogens is 1. The molecule has 2 aromatic heterocycles. The fourth-order valence-electron chi connectivity index (χ4n) is 2.51. The zero-order valence-electron chi connectivity index (χ0n) is 12.8. The molecule has 0 spiro atoms. The normalized spacial score (nSPS) is 10.9. The molecule has 124 valence electrons. The highest BCUT2D eigenvalue weighted by Gasteiger charge is 2.13. The van der Waals surface area contributed by atoms with Gasteiger partial charge in [0.05, 0.1) is 23.0 Å². The van der Waals surface area contributed by atoms with Crippen LogP contribution in [0.5, 0.6) is 5.75 Å². The standard InChI is InChI=1S/C17H12BrN5O2/c18-11-4-6-12(7-5-11)23-9-10(8-20-23)16-21-13-2-1-3-14(15(13)22-16)25-17(19)24/h1-9H,(H2,19,24)(H,21,22). The van der Waals surface area contributed by atoms with Gasteiger partial charge in [-0.15, -0.1) is 0 Å². The Morgan fingerprint density at radius 2 is 2.00 bits per heavy atom. The number of carbonyl (C=O) groups excluding carboxylic acids is 1. The number of aromatic amines is 1. The van der Waals surface area contributed by atoms with Crippen LogP contribution in [0.25, 0.3) is 28.1 Å². The first-order valence-electron chi connectivity index (χ1n) is 7.37. The summed E-state index contributed by atoms with van der Waals surface area (Å²) in [6, 6.07) is 13.1. The number of nitrogens with zero attached hydrogens (tertiary/aromatic N) is 3. The third kappa shape index (κ3) is 2.99. The Morgan fingerprint density at radius 3 is 2.76 bits per heavy atom. The SMILES string of the molecule is NC(=O)Oc1cccc2[nH]c(-c3cnn(-c4ccc(Br)cc4)c3)nc12. The number of hydrogen-bond acceptors (Lipinski definition) is 4. The fraction of sp³-hybridized carbons (Fsp3) is 0. The summed E-state index contributed by atoms with van der Waals surface area (Å²) in [4.78, 5) is 18.7. The molecule has 4 rings (SSSR count). The molecule has 8 heteroatoms. The molecule has 0 saturated heterocycles. The van der Waals surface area contributed by atoms with Crippen LogP contribution in [0.3, 0.4) is 0 Å². The second-order valence-corrected chi connectivity index (χ2v) is 6.22. The van der Waals surface area contributed by atoms with Crippen molar-refractivity contribution in [3.8, 4) is 22.8 Å². The minimum atomic E-state index is -0.875. The minimum Gasteiger partial charge on any atom is -0.408 e. The molecule has 0 unspecified atom stereocenters. The summed E-state index contributed by atoms with van der Waals surface area (Å²) in [6.45, 7) is 0. The molecule has 0 aliphatic carbocycles. The Labute approximate surface area is 150 Å². The third-order valence-corrected chi connectivity index (χ3v) is 4.16. The van der Waals surface area contributed by atoms with E-state index in [0.717, 1.165) is 21.2 Å². The molecule has 2 heterocycles. The van der Waals surface area contributed by atoms with E-state index in [1.807, 2.05) is 36.5 Å². The lowest BCUT2D eigenvalue weighted by Crippen LogP contribution is -2.16. The van der Waals surface area contributed by atoms with Crippen LogP contribution in [0.15, 0.2) is 59.3 Å². The van der Waals surface area contributed by atoms with E-state index in [4.69, 9.17) is 10.5 Å². The van der Waals surface area contributed by atoms with E-state index in [-0.39, 0.29) is 0 Å². The lowest BCUT2D eigenvalue weighted by Gasteiger charge is -2.00. The molecule has 7 nitrogen and oxygen atoms in total. The van der Waals surface area contributed by atoms with E-state index >= 15 is 0 Å². The highest BCUT2D eigenvalue weighted by molar-refractivity contribution is 9.10. The van der Waals surface area contributed by atoms with Gasteiger partial charge in [0.2, 0.25) is 0 Å². The summed E-state index contributed by atoms with van der Waals surface area (Å²) >= 11 is 3.41. The number of benzene rings is 2. The molecular weight excluding hydrogens is 386 g/mol. The van der Waals surface area contributed by atoms with Crippen LogP contribution in [0.2, 0.25) is 0 Å². The highest BCUT2D eigenvalue weighted by atomic mass is 79.9. The molecule has 0 radical (unpaired) electrons. The van der Waals surface area contributed by atoms with Crippen molar-refractivity contribution < 1.29 is 9.53 Å². The van der Waals surface area contributed by atoms with E-state index < -0.39 is 6.09 Å². The van der Waals surface area contributed by atoms with Gasteiger partial charge in [0.15, 0.2) is 5.75 Å². The quantitative estimate of drug-likeness (QED) is 0.551. The molecule has 4 aromatic rings. The van der Waals surface area contributed by atoms with E-state index in [0.29, 0.717) is 17.1 Å². The van der Waals surface area contributed by atoms with Crippen molar-refractivity contribution >= 4 is 33.1 Å². The van der Waals surface area contributed by atoms with Gasteiger partial charge in [-0.3, -0.25) is 0 Å². The molecule has 3 N–H and O–H groups in total. The first-order chi connectivity index (χ1) is 12.1. The summed E-state index contributed by atoms with van der Waals surface area (Å²) in [5.41, 5.74) is 8.11. The fourth-order valence-corrected chi connectivity index (χ4v) is 2.78. The molecule has 0 bridgehead atoms. The second-order valence-electron chi connectivity index (χ2n) is 5.31. The van der Waals surface area contributed by atoms with Crippen LogP contribution in [0.4, 0.5) is 4.79 Å². The van der Waals surface area contributed by atoms with Crippen molar-refractivity contribution in [2.75, 3.05) is 0 Å². The van der Waals surface area contributed by atoms with Crippen LogP contribution >= 0.6 is 15.9 Å². The molecule has 0 fully saturated rings. The van der Waals surface area contributed by atoms with Crippen molar-refractivity contribution in [1.82, 2.24) is 19.7 Å². The van der Waals surface area contributed by atoms with Gasteiger partial charge in [-0.2, -0.15) is 5.10 Å². The van der Waals surface area contributed by atoms with Crippen molar-refractivity contribution in [3.63, 3.8) is 0 Å². The summed E-state index contributed by atoms with van der Waals surface area (Å²) in [7, 11) is 0. The third-order valence-electron chi connectivity index (χ3n) is 3.63. The Bertz CT molecular complexity index is 1070. The first-order valence-corrected chi connectivity index (χ1v) is 8.16. The molecule has 0 saturated carbocycles. The minimum absolute atomic E-state index is 0.313. The largest absolute Gasteiger partial charge is 0.410 e. The molecule has 1 amide bonds. The number of para-hydroxylation sites is 1. The number of aromatic nitrogens is 4. The van der Waals surface area contributed by atoms with Gasteiger partial charge in [-0.25, -0.2) is 14.5 Å². The summed E-state index contributed by atoms with van der Waals surface area (Å²) in [6.07, 6.45) is 2.71. The topological polar surface area (TPSA) is 98.8 Å². The van der Waals surface area contributed by atoms with Crippen LogP contribution in [-0.2, 0) is 0 Å². The Morgan fingerprint density at radius 1 is 1.20 bits per heavy atom. The van der Waals surface area contributed by atoms with Crippen LogP contribution in [0.1, 0.15) is 0 Å². The zero-order chi connectivity index (χ0) is 17.4. The van der Waals surface area contributed by atoms with Gasteiger partial charge < -0.3 is 15.5 Å². The molecule has 25 heavy (non-hydrogen) atoms. The van der Waals surface area contributed by atoms with Gasteiger partial charge in [-0.1, -0.05) is 22.0 Å². The molecule has 0 atom stereocenters. The number of hydrogen-bond donors (Lipinski definition) is 2. The van der Waals surface area contributed by atoms with Crippen LogP contribution in [-0.4, -0.2) is 25.8 Å². The number of primary amides is 1. The van der Waals surface area contributed by atoms with Gasteiger partial charge in [-0.05, 0) is 36.4 Å². The van der Waals surface area contributed by atoms with E-state index in [1.165, 1.54) is 0 Å². The predicted octanol–water partition coefficient (Wildman–Crippen LogP) is 3.64. The number of nitrogens with two attached hydrogens (primary N) is 1. The lowest BCUT2D eigenvalue weighted by molar-refractivity contribution is 0.211. The summed E-state index contributed by atoms with van der Waals surface area (Å²) in [5.74, 6) is 0.937. The van der Waals surface area contributed by atoms with Crippen molar-refractivity contribution in [2.45, 2.75) is 0 Å². The number of amides is 1. The van der Waals surface area contributed by atoms with Crippen LogP contribution < -0.4 is 10.5 Å². The van der Waals surface area contributed by atoms with E-state index in [1.54, 1.807) is 23.0 Å². The van der Waals surface area contributed by atoms with Gasteiger partial charge in [0, 0.05) is 10.7 Å². The number of rotatable bonds is 3. The van der Waals surface area contributed by atoms with Crippen LogP contribution in [0, 0.1) is 0 Å². The Kier molecular flexibility index (Phi) is 3.73. The van der Waals surface area contributed by atoms with Crippen molar-refractivity contribution in [1.29, 1.82) is 0 Å². The molecular formula is C17H12BrN5O2. The smallest absolute Gasteiger partial charge is 0.408 e.